The number of hydrogen-bond donors (Lipinski definition) is 2. The average Bonchev–Trinajstić information content (AvgIpc) is 2.27. The fraction of sp³-hybridized carbons (Fsp3) is 0.154. The second-order valence-electron chi connectivity index (χ2n) is 4.05. The first-order valence-electron chi connectivity index (χ1n) is 5.50. The molecule has 2 N–H and O–H groups in total. The third kappa shape index (κ3) is 2.82. The third-order valence-electron chi connectivity index (χ3n) is 2.35. The summed E-state index contributed by atoms with van der Waals surface area (Å²) in [6, 6.07) is 8.11. The zero-order valence-corrected chi connectivity index (χ0v) is 10.2. The van der Waals surface area contributed by atoms with Gasteiger partial charge >= 0.3 is 0 Å². The van der Waals surface area contributed by atoms with E-state index in [1.165, 1.54) is 12.1 Å². The van der Waals surface area contributed by atoms with Crippen LogP contribution in [0.4, 0.5) is 5.82 Å². The van der Waals surface area contributed by atoms with Crippen molar-refractivity contribution < 1.29 is 4.79 Å². The van der Waals surface area contributed by atoms with E-state index in [4.69, 9.17) is 0 Å². The predicted octanol–water partition coefficient (Wildman–Crippen LogP) is 1.64. The van der Waals surface area contributed by atoms with Gasteiger partial charge in [0, 0.05) is 11.8 Å². The Balaban J connectivity index is 2.24. The Morgan fingerprint density at radius 2 is 2.06 bits per heavy atom. The lowest BCUT2D eigenvalue weighted by atomic mass is 10.2. The van der Waals surface area contributed by atoms with E-state index >= 15 is 0 Å². The molecular formula is C13H13N3O2. The van der Waals surface area contributed by atoms with E-state index in [2.05, 4.69) is 15.3 Å². The van der Waals surface area contributed by atoms with Crippen LogP contribution in [-0.2, 0) is 0 Å². The maximum absolute atomic E-state index is 11.9. The number of rotatable bonds is 2. The number of aromatic amines is 1. The Kier molecular flexibility index (Phi) is 3.23. The Morgan fingerprint density at radius 1 is 1.28 bits per heavy atom. The van der Waals surface area contributed by atoms with Crippen molar-refractivity contribution in [3.63, 3.8) is 0 Å². The number of carbonyl (C=O) groups excluding carboxylic acids is 1. The first-order valence-corrected chi connectivity index (χ1v) is 5.50. The molecule has 0 aliphatic carbocycles. The van der Waals surface area contributed by atoms with Gasteiger partial charge in [-0.15, -0.1) is 0 Å². The number of nitrogens with one attached hydrogen (secondary N) is 2. The molecule has 0 bridgehead atoms. The topological polar surface area (TPSA) is 74.8 Å². The second kappa shape index (κ2) is 4.83. The van der Waals surface area contributed by atoms with Gasteiger partial charge in [0.15, 0.2) is 0 Å². The smallest absolute Gasteiger partial charge is 0.273 e. The molecule has 0 fully saturated rings. The number of aromatic nitrogens is 2. The van der Waals surface area contributed by atoms with E-state index in [1.54, 1.807) is 12.1 Å². The summed E-state index contributed by atoms with van der Waals surface area (Å²) in [6.07, 6.45) is 0. The van der Waals surface area contributed by atoms with E-state index < -0.39 is 0 Å². The van der Waals surface area contributed by atoms with Gasteiger partial charge in [-0.2, -0.15) is 0 Å². The molecule has 5 nitrogen and oxygen atoms in total. The summed E-state index contributed by atoms with van der Waals surface area (Å²) >= 11 is 0. The molecule has 1 amide bonds. The van der Waals surface area contributed by atoms with Crippen molar-refractivity contribution in [2.24, 2.45) is 0 Å². The number of H-pyrrole nitrogens is 1. The molecule has 2 rings (SSSR count). The van der Waals surface area contributed by atoms with Gasteiger partial charge in [-0.1, -0.05) is 6.07 Å². The molecule has 2 aromatic rings. The predicted molar refractivity (Wildman–Crippen MR) is 68.7 cm³/mol. The van der Waals surface area contributed by atoms with Gasteiger partial charge in [-0.25, -0.2) is 4.98 Å². The summed E-state index contributed by atoms with van der Waals surface area (Å²) in [6.45, 7) is 3.78. The van der Waals surface area contributed by atoms with E-state index in [9.17, 15) is 9.59 Å². The monoisotopic (exact) mass is 243 g/mol. The Hall–Kier alpha value is -2.43. The highest BCUT2D eigenvalue weighted by Crippen LogP contribution is 2.09. The maximum Gasteiger partial charge on any atom is 0.273 e. The van der Waals surface area contributed by atoms with Crippen molar-refractivity contribution in [2.75, 3.05) is 5.32 Å². The SMILES string of the molecule is Cc1cc(C)nc(NC(=O)c2cccc(=O)[nH]2)c1. The number of carbonyl (C=O) groups is 1. The summed E-state index contributed by atoms with van der Waals surface area (Å²) in [5.74, 6) is 0.0902. The first-order chi connectivity index (χ1) is 8.54. The van der Waals surface area contributed by atoms with E-state index in [-0.39, 0.29) is 17.2 Å². The summed E-state index contributed by atoms with van der Waals surface area (Å²) in [5, 5.41) is 2.65. The van der Waals surface area contributed by atoms with Crippen molar-refractivity contribution >= 4 is 11.7 Å². The fourth-order valence-corrected chi connectivity index (χ4v) is 1.67. The lowest BCUT2D eigenvalue weighted by Crippen LogP contribution is -2.18. The number of nitrogens with zero attached hydrogens (tertiary/aromatic N) is 1. The highest BCUT2D eigenvalue weighted by atomic mass is 16.2. The van der Waals surface area contributed by atoms with Gasteiger partial charge in [0.1, 0.15) is 11.5 Å². The second-order valence-corrected chi connectivity index (χ2v) is 4.05. The summed E-state index contributed by atoms with van der Waals surface area (Å²) in [7, 11) is 0. The summed E-state index contributed by atoms with van der Waals surface area (Å²) in [5.41, 5.74) is 1.74. The van der Waals surface area contributed by atoms with Crippen molar-refractivity contribution in [3.05, 3.63) is 57.6 Å². The van der Waals surface area contributed by atoms with Crippen LogP contribution in [0.25, 0.3) is 0 Å². The van der Waals surface area contributed by atoms with Gasteiger partial charge in [0.2, 0.25) is 5.56 Å². The minimum absolute atomic E-state index is 0.212. The molecule has 0 saturated heterocycles. The van der Waals surface area contributed by atoms with E-state index in [0.29, 0.717) is 5.82 Å². The molecule has 0 aliphatic rings. The molecule has 0 atom stereocenters. The van der Waals surface area contributed by atoms with Crippen molar-refractivity contribution in [1.82, 2.24) is 9.97 Å². The maximum atomic E-state index is 11.9. The molecule has 2 heterocycles. The third-order valence-corrected chi connectivity index (χ3v) is 2.35. The minimum Gasteiger partial charge on any atom is -0.318 e. The number of amides is 1. The number of anilines is 1. The van der Waals surface area contributed by atoms with Crippen molar-refractivity contribution in [3.8, 4) is 0 Å². The van der Waals surface area contributed by atoms with Crippen LogP contribution in [0.5, 0.6) is 0 Å². The molecule has 18 heavy (non-hydrogen) atoms. The normalized spacial score (nSPS) is 10.1. The van der Waals surface area contributed by atoms with Gasteiger partial charge < -0.3 is 10.3 Å². The zero-order valence-electron chi connectivity index (χ0n) is 10.2. The quantitative estimate of drug-likeness (QED) is 0.842. The molecule has 92 valence electrons. The lowest BCUT2D eigenvalue weighted by molar-refractivity contribution is 0.102. The Bertz CT molecular complexity index is 626. The lowest BCUT2D eigenvalue weighted by Gasteiger charge is -2.06. The Morgan fingerprint density at radius 3 is 2.72 bits per heavy atom. The molecule has 0 saturated carbocycles. The van der Waals surface area contributed by atoms with E-state index in [1.807, 2.05) is 19.9 Å². The Labute approximate surface area is 104 Å². The number of pyridine rings is 2. The fourth-order valence-electron chi connectivity index (χ4n) is 1.67. The van der Waals surface area contributed by atoms with Crippen LogP contribution in [-0.4, -0.2) is 15.9 Å². The molecule has 0 unspecified atom stereocenters. The van der Waals surface area contributed by atoms with Gasteiger partial charge in [0.25, 0.3) is 5.91 Å². The van der Waals surface area contributed by atoms with Crippen LogP contribution >= 0.6 is 0 Å². The zero-order chi connectivity index (χ0) is 13.1. The summed E-state index contributed by atoms with van der Waals surface area (Å²) < 4.78 is 0. The molecule has 2 aromatic heterocycles. The summed E-state index contributed by atoms with van der Waals surface area (Å²) in [4.78, 5) is 29.6. The number of aryl methyl sites for hydroxylation is 2. The molecule has 0 aliphatic heterocycles. The first kappa shape index (κ1) is 12.0. The standard InChI is InChI=1S/C13H13N3O2/c1-8-6-9(2)14-11(7-8)16-13(18)10-4-3-5-12(17)15-10/h3-7H,1-2H3,(H,15,17)(H,14,16,18). The molecule has 0 radical (unpaired) electrons. The van der Waals surface area contributed by atoms with Gasteiger partial charge in [-0.05, 0) is 37.6 Å². The number of hydrogen-bond acceptors (Lipinski definition) is 3. The van der Waals surface area contributed by atoms with Crippen LogP contribution in [0.2, 0.25) is 0 Å². The van der Waals surface area contributed by atoms with Crippen LogP contribution in [0.15, 0.2) is 35.1 Å². The largest absolute Gasteiger partial charge is 0.318 e. The van der Waals surface area contributed by atoms with Crippen LogP contribution in [0.1, 0.15) is 21.7 Å². The van der Waals surface area contributed by atoms with Crippen LogP contribution in [0, 0.1) is 13.8 Å². The molecule has 0 aromatic carbocycles. The molecule has 0 spiro atoms. The van der Waals surface area contributed by atoms with Gasteiger partial charge in [0.05, 0.1) is 0 Å². The van der Waals surface area contributed by atoms with Crippen molar-refractivity contribution in [2.45, 2.75) is 13.8 Å². The average molecular weight is 243 g/mol. The molecular weight excluding hydrogens is 230 g/mol. The van der Waals surface area contributed by atoms with Crippen molar-refractivity contribution in [1.29, 1.82) is 0 Å². The van der Waals surface area contributed by atoms with Crippen LogP contribution < -0.4 is 10.9 Å². The minimum atomic E-state index is -0.384. The molecule has 5 heteroatoms. The highest BCUT2D eigenvalue weighted by Gasteiger charge is 2.07. The van der Waals surface area contributed by atoms with Crippen LogP contribution in [0.3, 0.4) is 0 Å². The highest BCUT2D eigenvalue weighted by molar-refractivity contribution is 6.02. The van der Waals surface area contributed by atoms with Gasteiger partial charge in [-0.3, -0.25) is 9.59 Å². The van der Waals surface area contributed by atoms with E-state index in [0.717, 1.165) is 11.3 Å².